The second-order valence-electron chi connectivity index (χ2n) is 4.36. The number of hydrogen-bond donors (Lipinski definition) is 0. The van der Waals surface area contributed by atoms with Crippen molar-refractivity contribution in [1.29, 1.82) is 0 Å². The van der Waals surface area contributed by atoms with Crippen LogP contribution in [0.25, 0.3) is 10.2 Å². The van der Waals surface area contributed by atoms with E-state index in [9.17, 15) is 4.79 Å². The van der Waals surface area contributed by atoms with Crippen LogP contribution < -0.4 is 4.74 Å². The molecule has 0 spiro atoms. The van der Waals surface area contributed by atoms with Crippen LogP contribution in [-0.2, 0) is 4.74 Å². The predicted octanol–water partition coefficient (Wildman–Crippen LogP) is 3.81. The van der Waals surface area contributed by atoms with Crippen molar-refractivity contribution in [2.75, 3.05) is 7.11 Å². The van der Waals surface area contributed by atoms with Crippen molar-refractivity contribution in [2.24, 2.45) is 0 Å². The first kappa shape index (κ1) is 15.9. The van der Waals surface area contributed by atoms with Crippen LogP contribution in [0.15, 0.2) is 43.0 Å². The second kappa shape index (κ2) is 7.00. The number of aryl methyl sites for hydroxylation is 1. The van der Waals surface area contributed by atoms with Crippen LogP contribution >= 0.6 is 11.3 Å². The summed E-state index contributed by atoms with van der Waals surface area (Å²) in [7, 11) is 1.35. The highest BCUT2D eigenvalue weighted by molar-refractivity contribution is 7.20. The van der Waals surface area contributed by atoms with Crippen LogP contribution in [0.4, 0.5) is 0 Å². The lowest BCUT2D eigenvalue weighted by Crippen LogP contribution is -2.00. The summed E-state index contributed by atoms with van der Waals surface area (Å²) in [6.45, 7) is 7.57. The van der Waals surface area contributed by atoms with Gasteiger partial charge >= 0.3 is 5.97 Å². The van der Waals surface area contributed by atoms with Crippen molar-refractivity contribution < 1.29 is 14.3 Å². The normalized spacial score (nSPS) is 11.4. The van der Waals surface area contributed by atoms with Gasteiger partial charge in [0.15, 0.2) is 0 Å². The number of esters is 1. The van der Waals surface area contributed by atoms with Gasteiger partial charge in [-0.3, -0.25) is 0 Å². The third kappa shape index (κ3) is 3.23. The Hall–Kier alpha value is -2.47. The zero-order valence-electron chi connectivity index (χ0n) is 12.6. The molecule has 0 aliphatic rings. The summed E-state index contributed by atoms with van der Waals surface area (Å²) in [4.78, 5) is 21.3. The molecule has 2 aromatic rings. The second-order valence-corrected chi connectivity index (χ2v) is 5.36. The zero-order chi connectivity index (χ0) is 16.1. The molecule has 22 heavy (non-hydrogen) atoms. The van der Waals surface area contributed by atoms with Crippen LogP contribution in [0, 0.1) is 6.92 Å². The maximum atomic E-state index is 11.8. The number of aromatic nitrogens is 2. The Morgan fingerprint density at radius 1 is 1.36 bits per heavy atom. The molecule has 0 atom stereocenters. The van der Waals surface area contributed by atoms with Gasteiger partial charge in [-0.1, -0.05) is 24.8 Å². The van der Waals surface area contributed by atoms with E-state index in [-0.39, 0.29) is 0 Å². The summed E-state index contributed by atoms with van der Waals surface area (Å²) in [5.41, 5.74) is 0.743. The summed E-state index contributed by atoms with van der Waals surface area (Å²) in [5, 5.41) is 0.702. The van der Waals surface area contributed by atoms with Gasteiger partial charge in [-0.05, 0) is 25.5 Å². The zero-order valence-corrected chi connectivity index (χ0v) is 13.4. The molecule has 0 amide bonds. The molecule has 0 bridgehead atoms. The van der Waals surface area contributed by atoms with E-state index < -0.39 is 5.97 Å². The molecule has 5 nitrogen and oxygen atoms in total. The number of rotatable bonds is 5. The van der Waals surface area contributed by atoms with Crippen molar-refractivity contribution >= 4 is 27.5 Å². The summed E-state index contributed by atoms with van der Waals surface area (Å²) in [5.74, 6) is 0.436. The average molecular weight is 316 g/mol. The predicted molar refractivity (Wildman–Crippen MR) is 87.2 cm³/mol. The molecule has 2 rings (SSSR count). The highest BCUT2D eigenvalue weighted by atomic mass is 32.1. The summed E-state index contributed by atoms with van der Waals surface area (Å²) in [6.07, 6.45) is 8.73. The van der Waals surface area contributed by atoms with Crippen molar-refractivity contribution in [3.63, 3.8) is 0 Å². The van der Waals surface area contributed by atoms with Crippen LogP contribution in [0.1, 0.15) is 22.2 Å². The van der Waals surface area contributed by atoms with Gasteiger partial charge in [0, 0.05) is 0 Å². The minimum absolute atomic E-state index is 0.379. The lowest BCUT2D eigenvalue weighted by atomic mass is 10.2. The van der Waals surface area contributed by atoms with Gasteiger partial charge < -0.3 is 9.47 Å². The number of carbonyl (C=O) groups excluding carboxylic acids is 1. The van der Waals surface area contributed by atoms with E-state index in [1.807, 2.05) is 32.1 Å². The molecular weight excluding hydrogens is 300 g/mol. The fourth-order valence-electron chi connectivity index (χ4n) is 1.84. The number of carbonyl (C=O) groups is 1. The number of nitrogens with zero attached hydrogens (tertiary/aromatic N) is 2. The van der Waals surface area contributed by atoms with Gasteiger partial charge in [0.05, 0.1) is 12.5 Å². The van der Waals surface area contributed by atoms with Gasteiger partial charge in [-0.2, -0.15) is 0 Å². The molecule has 0 aliphatic carbocycles. The highest BCUT2D eigenvalue weighted by Crippen LogP contribution is 2.35. The number of thiophene rings is 1. The van der Waals surface area contributed by atoms with E-state index in [0.29, 0.717) is 26.7 Å². The van der Waals surface area contributed by atoms with Gasteiger partial charge in [0.25, 0.3) is 0 Å². The molecule has 0 aromatic carbocycles. The van der Waals surface area contributed by atoms with Gasteiger partial charge in [-0.15, -0.1) is 11.3 Å². The molecule has 0 unspecified atom stereocenters. The summed E-state index contributed by atoms with van der Waals surface area (Å²) in [6, 6.07) is 0. The minimum atomic E-state index is -0.391. The van der Waals surface area contributed by atoms with E-state index in [1.54, 1.807) is 6.08 Å². The first-order chi connectivity index (χ1) is 10.6. The Morgan fingerprint density at radius 3 is 2.82 bits per heavy atom. The van der Waals surface area contributed by atoms with E-state index in [0.717, 1.165) is 5.56 Å². The van der Waals surface area contributed by atoms with Crippen molar-refractivity contribution in [1.82, 2.24) is 9.97 Å². The number of hydrogen-bond acceptors (Lipinski definition) is 6. The van der Waals surface area contributed by atoms with Crippen LogP contribution in [0.3, 0.4) is 0 Å². The molecule has 0 saturated heterocycles. The first-order valence-corrected chi connectivity index (χ1v) is 7.38. The quantitative estimate of drug-likeness (QED) is 0.477. The topological polar surface area (TPSA) is 61.3 Å². The Balaban J connectivity index is 2.40. The molecule has 0 N–H and O–H groups in total. The molecule has 0 aliphatic heterocycles. The monoisotopic (exact) mass is 316 g/mol. The Labute approximate surface area is 132 Å². The van der Waals surface area contributed by atoms with Crippen molar-refractivity contribution in [3.05, 3.63) is 53.4 Å². The van der Waals surface area contributed by atoms with E-state index in [4.69, 9.17) is 9.47 Å². The molecule has 2 aromatic heterocycles. The fourth-order valence-corrected chi connectivity index (χ4v) is 2.89. The van der Waals surface area contributed by atoms with Gasteiger partial charge in [0.2, 0.25) is 5.88 Å². The number of methoxy groups -OCH3 is 1. The number of ether oxygens (including phenoxy) is 2. The van der Waals surface area contributed by atoms with E-state index >= 15 is 0 Å². The maximum Gasteiger partial charge on any atom is 0.348 e. The van der Waals surface area contributed by atoms with Crippen LogP contribution in [0.2, 0.25) is 0 Å². The molecule has 6 heteroatoms. The Kier molecular flexibility index (Phi) is 5.06. The van der Waals surface area contributed by atoms with Gasteiger partial charge in [0.1, 0.15) is 21.8 Å². The first-order valence-electron chi connectivity index (χ1n) is 6.57. The Morgan fingerprint density at radius 2 is 2.14 bits per heavy atom. The lowest BCUT2D eigenvalue weighted by Gasteiger charge is -2.05. The molecule has 114 valence electrons. The SMILES string of the molecule is C=C(/C=C\C=C/C)Oc1ncnc2sc(C(=O)OC)c(C)c12. The van der Waals surface area contributed by atoms with Crippen molar-refractivity contribution in [2.45, 2.75) is 13.8 Å². The third-order valence-corrected chi connectivity index (χ3v) is 4.06. The highest BCUT2D eigenvalue weighted by Gasteiger charge is 2.20. The maximum absolute atomic E-state index is 11.8. The van der Waals surface area contributed by atoms with Crippen LogP contribution in [0.5, 0.6) is 5.88 Å². The number of allylic oxidation sites excluding steroid dienone is 4. The third-order valence-electron chi connectivity index (χ3n) is 2.88. The average Bonchev–Trinajstić information content (AvgIpc) is 2.85. The fraction of sp³-hybridized carbons (Fsp3) is 0.188. The molecule has 0 saturated carbocycles. The molecule has 2 heterocycles. The lowest BCUT2D eigenvalue weighted by molar-refractivity contribution is 0.0605. The number of fused-ring (bicyclic) bond motifs is 1. The Bertz CT molecular complexity index is 775. The summed E-state index contributed by atoms with van der Waals surface area (Å²) < 4.78 is 10.4. The van der Waals surface area contributed by atoms with E-state index in [1.165, 1.54) is 24.8 Å². The summed E-state index contributed by atoms with van der Waals surface area (Å²) >= 11 is 1.25. The molecular formula is C16H16N2O3S. The minimum Gasteiger partial charge on any atom is -0.465 e. The van der Waals surface area contributed by atoms with E-state index in [2.05, 4.69) is 16.5 Å². The van der Waals surface area contributed by atoms with Crippen molar-refractivity contribution in [3.8, 4) is 5.88 Å². The van der Waals surface area contributed by atoms with Gasteiger partial charge in [-0.25, -0.2) is 14.8 Å². The molecule has 0 radical (unpaired) electrons. The largest absolute Gasteiger partial charge is 0.465 e. The smallest absolute Gasteiger partial charge is 0.348 e. The standard InChI is InChI=1S/C16H16N2O3S/c1-5-6-7-8-10(2)21-14-12-11(3)13(16(19)20-4)22-15(12)18-9-17-14/h5-9H,2H2,1,3-4H3/b6-5-,8-7-. The molecule has 0 fully saturated rings. The van der Waals surface area contributed by atoms with Crippen LogP contribution in [-0.4, -0.2) is 23.0 Å².